The maximum absolute atomic E-state index is 11.1. The summed E-state index contributed by atoms with van der Waals surface area (Å²) in [5.41, 5.74) is 5.65. The van der Waals surface area contributed by atoms with Crippen LogP contribution >= 0.6 is 0 Å². The summed E-state index contributed by atoms with van der Waals surface area (Å²) in [6.07, 6.45) is 0.758. The van der Waals surface area contributed by atoms with Crippen molar-refractivity contribution in [2.24, 2.45) is 23.0 Å². The van der Waals surface area contributed by atoms with Gasteiger partial charge in [-0.1, -0.05) is 34.6 Å². The van der Waals surface area contributed by atoms with Gasteiger partial charge >= 0.3 is 5.97 Å². The quantitative estimate of drug-likeness (QED) is 0.732. The molecule has 0 spiro atoms. The third-order valence-electron chi connectivity index (χ3n) is 2.37. The minimum absolute atomic E-state index is 0.257. The molecule has 0 heterocycles. The predicted molar refractivity (Wildman–Crippen MR) is 58.0 cm³/mol. The van der Waals surface area contributed by atoms with Gasteiger partial charge in [-0.15, -0.1) is 0 Å². The van der Waals surface area contributed by atoms with Crippen molar-refractivity contribution in [3.8, 4) is 0 Å². The number of nitrogens with two attached hydrogens (primary N) is 1. The van der Waals surface area contributed by atoms with Crippen LogP contribution in [0.1, 0.15) is 41.0 Å². The van der Waals surface area contributed by atoms with Crippen LogP contribution in [-0.2, 0) is 4.79 Å². The first kappa shape index (κ1) is 13.4. The SMILES string of the molecule is CC(C)CC(N)[C@@H](C(=O)O)C(C)(C)C. The van der Waals surface area contributed by atoms with E-state index in [1.54, 1.807) is 0 Å². The van der Waals surface area contributed by atoms with Gasteiger partial charge in [-0.25, -0.2) is 0 Å². The fourth-order valence-corrected chi connectivity index (χ4v) is 1.88. The molecule has 0 saturated heterocycles. The van der Waals surface area contributed by atoms with Crippen LogP contribution in [0.2, 0.25) is 0 Å². The van der Waals surface area contributed by atoms with E-state index in [4.69, 9.17) is 10.8 Å². The zero-order chi connectivity index (χ0) is 11.5. The highest BCUT2D eigenvalue weighted by Crippen LogP contribution is 2.30. The molecule has 3 heteroatoms. The largest absolute Gasteiger partial charge is 0.481 e. The Kier molecular flexibility index (Phi) is 4.59. The van der Waals surface area contributed by atoms with Gasteiger partial charge in [0.05, 0.1) is 5.92 Å². The third kappa shape index (κ3) is 4.09. The molecule has 3 N–H and O–H groups in total. The molecule has 0 aromatic rings. The molecule has 0 bridgehead atoms. The lowest BCUT2D eigenvalue weighted by molar-refractivity contribution is -0.146. The number of hydrogen-bond acceptors (Lipinski definition) is 2. The Balaban J connectivity index is 4.59. The molecular formula is C11H23NO2. The minimum Gasteiger partial charge on any atom is -0.481 e. The van der Waals surface area contributed by atoms with Gasteiger partial charge in [-0.3, -0.25) is 4.79 Å². The number of rotatable bonds is 4. The van der Waals surface area contributed by atoms with E-state index in [0.717, 1.165) is 6.42 Å². The van der Waals surface area contributed by atoms with E-state index >= 15 is 0 Å². The van der Waals surface area contributed by atoms with Crippen LogP contribution < -0.4 is 5.73 Å². The van der Waals surface area contributed by atoms with Crippen LogP contribution in [-0.4, -0.2) is 17.1 Å². The lowest BCUT2D eigenvalue weighted by Gasteiger charge is -2.32. The van der Waals surface area contributed by atoms with Gasteiger partial charge in [0.1, 0.15) is 0 Å². The summed E-state index contributed by atoms with van der Waals surface area (Å²) in [6, 6.07) is -0.257. The van der Waals surface area contributed by atoms with Crippen molar-refractivity contribution >= 4 is 5.97 Å². The van der Waals surface area contributed by atoms with Crippen LogP contribution in [0.25, 0.3) is 0 Å². The van der Waals surface area contributed by atoms with Gasteiger partial charge in [-0.2, -0.15) is 0 Å². The fraction of sp³-hybridized carbons (Fsp3) is 0.909. The van der Waals surface area contributed by atoms with Crippen LogP contribution in [0.15, 0.2) is 0 Å². The number of carbonyl (C=O) groups is 1. The molecule has 2 atom stereocenters. The van der Waals surface area contributed by atoms with Crippen LogP contribution in [0.5, 0.6) is 0 Å². The fourth-order valence-electron chi connectivity index (χ4n) is 1.88. The highest BCUT2D eigenvalue weighted by Gasteiger charge is 2.36. The van der Waals surface area contributed by atoms with Crippen molar-refractivity contribution in [2.45, 2.75) is 47.1 Å². The third-order valence-corrected chi connectivity index (χ3v) is 2.37. The molecule has 0 aromatic heterocycles. The molecule has 0 aromatic carbocycles. The summed E-state index contributed by atoms with van der Waals surface area (Å²) in [7, 11) is 0. The Morgan fingerprint density at radius 3 is 2.00 bits per heavy atom. The summed E-state index contributed by atoms with van der Waals surface area (Å²) in [5.74, 6) is -0.815. The smallest absolute Gasteiger partial charge is 0.308 e. The van der Waals surface area contributed by atoms with E-state index in [2.05, 4.69) is 13.8 Å². The first-order valence-electron chi connectivity index (χ1n) is 5.14. The minimum atomic E-state index is -0.786. The normalized spacial score (nSPS) is 16.8. The van der Waals surface area contributed by atoms with Crippen molar-refractivity contribution in [1.82, 2.24) is 0 Å². The summed E-state index contributed by atoms with van der Waals surface area (Å²) in [4.78, 5) is 11.1. The molecule has 14 heavy (non-hydrogen) atoms. The van der Waals surface area contributed by atoms with E-state index in [1.807, 2.05) is 20.8 Å². The lowest BCUT2D eigenvalue weighted by Crippen LogP contribution is -2.44. The number of aliphatic carboxylic acids is 1. The number of carboxylic acids is 1. The summed E-state index contributed by atoms with van der Waals surface area (Å²) in [6.45, 7) is 9.88. The second kappa shape index (κ2) is 4.78. The van der Waals surface area contributed by atoms with E-state index in [0.29, 0.717) is 5.92 Å². The van der Waals surface area contributed by atoms with Gasteiger partial charge < -0.3 is 10.8 Å². The average molecular weight is 201 g/mol. The van der Waals surface area contributed by atoms with Gasteiger partial charge in [0.25, 0.3) is 0 Å². The molecule has 0 fully saturated rings. The van der Waals surface area contributed by atoms with Crippen molar-refractivity contribution in [3.05, 3.63) is 0 Å². The number of hydrogen-bond donors (Lipinski definition) is 2. The Morgan fingerprint density at radius 2 is 1.79 bits per heavy atom. The molecule has 84 valence electrons. The zero-order valence-electron chi connectivity index (χ0n) is 9.87. The second-order valence-corrected chi connectivity index (χ2v) is 5.48. The van der Waals surface area contributed by atoms with Crippen molar-refractivity contribution < 1.29 is 9.90 Å². The molecular weight excluding hydrogens is 178 g/mol. The first-order chi connectivity index (χ1) is 6.16. The second-order valence-electron chi connectivity index (χ2n) is 5.48. The van der Waals surface area contributed by atoms with Crippen LogP contribution in [0.3, 0.4) is 0 Å². The molecule has 0 aliphatic heterocycles. The Hall–Kier alpha value is -0.570. The maximum Gasteiger partial charge on any atom is 0.308 e. The molecule has 0 radical (unpaired) electrons. The van der Waals surface area contributed by atoms with Gasteiger partial charge in [0, 0.05) is 6.04 Å². The van der Waals surface area contributed by atoms with Crippen LogP contribution in [0.4, 0.5) is 0 Å². The van der Waals surface area contributed by atoms with Crippen molar-refractivity contribution in [3.63, 3.8) is 0 Å². The van der Waals surface area contributed by atoms with Crippen molar-refractivity contribution in [1.29, 1.82) is 0 Å². The highest BCUT2D eigenvalue weighted by molar-refractivity contribution is 5.71. The molecule has 0 aliphatic rings. The zero-order valence-corrected chi connectivity index (χ0v) is 9.87. The Labute approximate surface area is 86.7 Å². The standard InChI is InChI=1S/C11H23NO2/c1-7(2)6-8(12)9(10(13)14)11(3,4)5/h7-9H,6,12H2,1-5H3,(H,13,14)/t8?,9-/m0/s1. The molecule has 3 nitrogen and oxygen atoms in total. The van der Waals surface area contributed by atoms with E-state index < -0.39 is 11.9 Å². The monoisotopic (exact) mass is 201 g/mol. The highest BCUT2D eigenvalue weighted by atomic mass is 16.4. The molecule has 0 rings (SSSR count). The topological polar surface area (TPSA) is 63.3 Å². The van der Waals surface area contributed by atoms with Crippen LogP contribution in [0, 0.1) is 17.3 Å². The van der Waals surface area contributed by atoms with Gasteiger partial charge in [0.2, 0.25) is 0 Å². The van der Waals surface area contributed by atoms with E-state index in [9.17, 15) is 4.79 Å². The van der Waals surface area contributed by atoms with Gasteiger partial charge in [0.15, 0.2) is 0 Å². The predicted octanol–water partition coefficient (Wildman–Crippen LogP) is 2.11. The lowest BCUT2D eigenvalue weighted by atomic mass is 9.74. The van der Waals surface area contributed by atoms with E-state index in [-0.39, 0.29) is 11.5 Å². The summed E-state index contributed by atoms with van der Waals surface area (Å²) < 4.78 is 0. The Bertz CT molecular complexity index is 194. The maximum atomic E-state index is 11.1. The first-order valence-corrected chi connectivity index (χ1v) is 5.14. The van der Waals surface area contributed by atoms with Crippen molar-refractivity contribution in [2.75, 3.05) is 0 Å². The number of carboxylic acid groups (broad SMARTS) is 1. The summed E-state index contributed by atoms with van der Waals surface area (Å²) >= 11 is 0. The average Bonchev–Trinajstić information content (AvgIpc) is 1.78. The molecule has 0 aliphatic carbocycles. The van der Waals surface area contributed by atoms with Gasteiger partial charge in [-0.05, 0) is 17.8 Å². The molecule has 0 amide bonds. The molecule has 1 unspecified atom stereocenters. The van der Waals surface area contributed by atoms with E-state index in [1.165, 1.54) is 0 Å². The summed E-state index contributed by atoms with van der Waals surface area (Å²) in [5, 5.41) is 9.11. The Morgan fingerprint density at radius 1 is 1.36 bits per heavy atom. The molecule has 0 saturated carbocycles.